The number of hydrogen-bond donors (Lipinski definition) is 0. The minimum Gasteiger partial charge on any atom is -0.493 e. The molecule has 0 radical (unpaired) electrons. The Hall–Kier alpha value is -3.62. The lowest BCUT2D eigenvalue weighted by Crippen LogP contribution is -2.59. The van der Waals surface area contributed by atoms with Gasteiger partial charge in [-0.2, -0.15) is 0 Å². The number of pyridine rings is 1. The largest absolute Gasteiger partial charge is 0.493 e. The summed E-state index contributed by atoms with van der Waals surface area (Å²) in [5, 5.41) is 1.22. The van der Waals surface area contributed by atoms with Gasteiger partial charge in [-0.25, -0.2) is 4.79 Å². The van der Waals surface area contributed by atoms with Crippen LogP contribution in [-0.2, 0) is 21.3 Å². The average Bonchev–Trinajstić information content (AvgIpc) is 3.36. The van der Waals surface area contributed by atoms with E-state index in [1.807, 2.05) is 76.2 Å². The minimum absolute atomic E-state index is 0.153. The molecule has 3 amide bonds. The molecule has 2 atom stereocenters. The average molecular weight is 749 g/mol. The third-order valence-electron chi connectivity index (χ3n) is 10.8. The van der Waals surface area contributed by atoms with Gasteiger partial charge in [-0.1, -0.05) is 82.1 Å². The van der Waals surface area contributed by atoms with Crippen molar-refractivity contribution in [2.45, 2.75) is 104 Å². The van der Waals surface area contributed by atoms with Gasteiger partial charge in [-0.15, -0.1) is 0 Å². The molecule has 2 aromatic carbocycles. The van der Waals surface area contributed by atoms with Crippen molar-refractivity contribution in [2.75, 3.05) is 32.8 Å². The number of urea groups is 1. The molecule has 0 N–H and O–H groups in total. The van der Waals surface area contributed by atoms with Gasteiger partial charge in [-0.3, -0.25) is 19.7 Å². The predicted octanol–water partition coefficient (Wildman–Crippen LogP) is 9.85. The number of amides is 3. The van der Waals surface area contributed by atoms with Crippen LogP contribution in [-0.4, -0.2) is 70.2 Å². The molecule has 8 nitrogen and oxygen atoms in total. The number of nitrogens with zero attached hydrogens (tertiary/aromatic N) is 5. The Bertz CT molecular complexity index is 1740. The Labute approximate surface area is 320 Å². The van der Waals surface area contributed by atoms with Crippen molar-refractivity contribution >= 4 is 41.0 Å². The number of ether oxygens (including phenoxy) is 1. The van der Waals surface area contributed by atoms with Crippen LogP contribution in [0.5, 0.6) is 5.75 Å². The summed E-state index contributed by atoms with van der Waals surface area (Å²) >= 11 is 12.8. The molecular weight excluding hydrogens is 693 g/mol. The van der Waals surface area contributed by atoms with Crippen molar-refractivity contribution in [3.05, 3.63) is 93.2 Å². The molecule has 0 unspecified atom stereocenters. The Morgan fingerprint density at radius 2 is 1.46 bits per heavy atom. The lowest BCUT2D eigenvalue weighted by Gasteiger charge is -2.47. The number of aromatic nitrogens is 1. The van der Waals surface area contributed by atoms with Gasteiger partial charge in [-0.05, 0) is 87.8 Å². The summed E-state index contributed by atoms with van der Waals surface area (Å²) in [5.41, 5.74) is 1.11. The zero-order valence-corrected chi connectivity index (χ0v) is 33.7. The topological polar surface area (TPSA) is 78.3 Å². The van der Waals surface area contributed by atoms with E-state index in [9.17, 15) is 4.79 Å². The van der Waals surface area contributed by atoms with Gasteiger partial charge in [0, 0.05) is 66.0 Å². The summed E-state index contributed by atoms with van der Waals surface area (Å²) < 4.78 is 6.30. The highest BCUT2D eigenvalue weighted by molar-refractivity contribution is 6.30. The quantitative estimate of drug-likeness (QED) is 0.196. The second-order valence-corrected chi connectivity index (χ2v) is 16.3. The lowest BCUT2D eigenvalue weighted by atomic mass is 9.71. The summed E-state index contributed by atoms with van der Waals surface area (Å²) in [7, 11) is 0. The summed E-state index contributed by atoms with van der Waals surface area (Å²) in [4.78, 5) is 44.8. The standard InChI is InChI=1S/C42H55Cl2N5O3/c1-9-22-47(23-10-2)37(50)26-29-20-24-48(25-21-29)39(51)49-38(34-28-45-36(40(4,5)6)27-35(34)52-11-3)46-41(7,30-12-16-32(43)17-13-30)42(49,8)31-14-18-33(44)19-15-31/h12-19,27-29H,9-11,20-26H2,1-8H3/t41-,42+/m0/s1. The van der Waals surface area contributed by atoms with Crippen molar-refractivity contribution < 1.29 is 14.3 Å². The SMILES string of the molecule is CCCN(CCC)C(=O)CC1CCN(C(=O)N2C(c3cnc(C(C)(C)C)cc3OCC)=N[C@@](C)(c3ccc(Cl)cc3)[C@@]2(C)c2ccc(Cl)cc2)CC1. The van der Waals surface area contributed by atoms with Crippen LogP contribution >= 0.6 is 23.2 Å². The molecule has 3 aromatic rings. The predicted molar refractivity (Wildman–Crippen MR) is 212 cm³/mol. The third-order valence-corrected chi connectivity index (χ3v) is 11.3. The van der Waals surface area contributed by atoms with Crippen molar-refractivity contribution in [3.8, 4) is 5.75 Å². The minimum atomic E-state index is -1.02. The van der Waals surface area contributed by atoms with Crippen LogP contribution in [0, 0.1) is 5.92 Å². The number of aliphatic imine (C=N–C) groups is 1. The summed E-state index contributed by atoms with van der Waals surface area (Å²) in [6.45, 7) is 19.8. The maximum atomic E-state index is 15.3. The number of piperidine rings is 1. The first kappa shape index (κ1) is 39.6. The van der Waals surface area contributed by atoms with Crippen LogP contribution in [0.4, 0.5) is 4.79 Å². The highest BCUT2D eigenvalue weighted by Gasteiger charge is 2.60. The highest BCUT2D eigenvalue weighted by Crippen LogP contribution is 2.54. The molecule has 2 aliphatic rings. The zero-order valence-electron chi connectivity index (χ0n) is 32.1. The summed E-state index contributed by atoms with van der Waals surface area (Å²) in [6, 6.07) is 17.2. The van der Waals surface area contributed by atoms with Crippen molar-refractivity contribution in [1.29, 1.82) is 0 Å². The van der Waals surface area contributed by atoms with Crippen molar-refractivity contribution in [1.82, 2.24) is 19.7 Å². The fourth-order valence-corrected chi connectivity index (χ4v) is 7.86. The summed E-state index contributed by atoms with van der Waals surface area (Å²) in [5.74, 6) is 1.55. The molecule has 2 aliphatic heterocycles. The number of carbonyl (C=O) groups excluding carboxylic acids is 2. The van der Waals surface area contributed by atoms with E-state index in [4.69, 9.17) is 37.9 Å². The molecule has 0 spiro atoms. The second kappa shape index (κ2) is 16.2. The van der Waals surface area contributed by atoms with Gasteiger partial charge in [0.05, 0.1) is 12.2 Å². The lowest BCUT2D eigenvalue weighted by molar-refractivity contribution is -0.132. The van der Waals surface area contributed by atoms with Crippen LogP contribution in [0.25, 0.3) is 0 Å². The van der Waals surface area contributed by atoms with Gasteiger partial charge >= 0.3 is 6.03 Å². The Kier molecular flexibility index (Phi) is 12.3. The Morgan fingerprint density at radius 1 is 0.904 bits per heavy atom. The molecule has 0 saturated carbocycles. The Balaban J connectivity index is 1.61. The number of amidine groups is 1. The van der Waals surface area contributed by atoms with E-state index in [0.29, 0.717) is 53.3 Å². The second-order valence-electron chi connectivity index (χ2n) is 15.5. The van der Waals surface area contributed by atoms with E-state index in [1.165, 1.54) is 0 Å². The first-order valence-corrected chi connectivity index (χ1v) is 19.6. The van der Waals surface area contributed by atoms with E-state index < -0.39 is 11.1 Å². The van der Waals surface area contributed by atoms with E-state index in [-0.39, 0.29) is 23.3 Å². The number of likely N-dealkylation sites (tertiary alicyclic amines) is 1. The summed E-state index contributed by atoms with van der Waals surface area (Å²) in [6.07, 6.45) is 5.71. The van der Waals surface area contributed by atoms with Crippen molar-refractivity contribution in [3.63, 3.8) is 0 Å². The number of carbonyl (C=O) groups is 2. The molecule has 0 aliphatic carbocycles. The smallest absolute Gasteiger partial charge is 0.326 e. The maximum absolute atomic E-state index is 15.3. The molecule has 5 rings (SSSR count). The van der Waals surface area contributed by atoms with Crippen LogP contribution in [0.15, 0.2) is 65.8 Å². The molecule has 1 fully saturated rings. The van der Waals surface area contributed by atoms with E-state index in [2.05, 4.69) is 48.5 Å². The number of benzene rings is 2. The molecule has 280 valence electrons. The molecule has 10 heteroatoms. The normalized spacial score (nSPS) is 20.9. The monoisotopic (exact) mass is 747 g/mol. The Morgan fingerprint density at radius 3 is 1.98 bits per heavy atom. The van der Waals surface area contributed by atoms with Crippen LogP contribution in [0.1, 0.15) is 110 Å². The zero-order chi connectivity index (χ0) is 37.8. The fourth-order valence-electron chi connectivity index (χ4n) is 7.60. The van der Waals surface area contributed by atoms with Crippen LogP contribution in [0.2, 0.25) is 10.0 Å². The number of halogens is 2. The van der Waals surface area contributed by atoms with Gasteiger partial charge in [0.25, 0.3) is 0 Å². The molecular formula is C42H55Cl2N5O3. The first-order chi connectivity index (χ1) is 24.7. The van der Waals surface area contributed by atoms with E-state index in [0.717, 1.165) is 55.6 Å². The molecule has 52 heavy (non-hydrogen) atoms. The first-order valence-electron chi connectivity index (χ1n) is 18.8. The van der Waals surface area contributed by atoms with Crippen LogP contribution in [0.3, 0.4) is 0 Å². The molecule has 3 heterocycles. The highest BCUT2D eigenvalue weighted by atomic mass is 35.5. The van der Waals surface area contributed by atoms with Gasteiger partial charge < -0.3 is 14.5 Å². The number of hydrogen-bond acceptors (Lipinski definition) is 5. The van der Waals surface area contributed by atoms with Gasteiger partial charge in [0.15, 0.2) is 0 Å². The van der Waals surface area contributed by atoms with Gasteiger partial charge in [0.1, 0.15) is 22.7 Å². The van der Waals surface area contributed by atoms with Crippen molar-refractivity contribution in [2.24, 2.45) is 10.9 Å². The molecule has 1 aromatic heterocycles. The molecule has 1 saturated heterocycles. The van der Waals surface area contributed by atoms with E-state index >= 15 is 4.79 Å². The van der Waals surface area contributed by atoms with Crippen LogP contribution < -0.4 is 4.74 Å². The van der Waals surface area contributed by atoms with E-state index in [1.54, 1.807) is 6.20 Å². The third kappa shape index (κ3) is 7.84. The van der Waals surface area contributed by atoms with Gasteiger partial charge in [0.2, 0.25) is 5.91 Å². The number of rotatable bonds is 11. The maximum Gasteiger partial charge on any atom is 0.326 e. The fraction of sp³-hybridized carbons (Fsp3) is 0.524. The molecule has 0 bridgehead atoms.